The van der Waals surface area contributed by atoms with E-state index < -0.39 is 0 Å². The zero-order valence-electron chi connectivity index (χ0n) is 6.96. The number of carbonyl (C=O) groups is 1. The molecule has 0 radical (unpaired) electrons. The molecule has 11 heavy (non-hydrogen) atoms. The van der Waals surface area contributed by atoms with Crippen LogP contribution in [0.3, 0.4) is 0 Å². The van der Waals surface area contributed by atoms with Crippen LogP contribution in [0.15, 0.2) is 30.3 Å². The molecule has 0 aromatic heterocycles. The van der Waals surface area contributed by atoms with Crippen molar-refractivity contribution in [3.63, 3.8) is 0 Å². The van der Waals surface area contributed by atoms with Crippen LogP contribution in [-0.4, -0.2) is 12.3 Å². The second kappa shape index (κ2) is 4.88. The van der Waals surface area contributed by atoms with Gasteiger partial charge in [0, 0.05) is 5.56 Å². The van der Waals surface area contributed by atoms with Gasteiger partial charge in [0.25, 0.3) is 0 Å². The van der Waals surface area contributed by atoms with E-state index in [-0.39, 0.29) is 26.2 Å². The van der Waals surface area contributed by atoms with Crippen LogP contribution in [0.25, 0.3) is 0 Å². The summed E-state index contributed by atoms with van der Waals surface area (Å²) in [6.45, 7) is 0.0873. The maximum Gasteiger partial charge on any atom is 1.00 e. The van der Waals surface area contributed by atoms with Crippen LogP contribution in [0.5, 0.6) is 0 Å². The molecular formula is C8H10ClNO. The topological polar surface area (TPSA) is 43.1 Å². The highest BCUT2D eigenvalue weighted by Crippen LogP contribution is 1.97. The van der Waals surface area contributed by atoms with E-state index in [1.165, 1.54) is 0 Å². The van der Waals surface area contributed by atoms with Gasteiger partial charge in [-0.25, -0.2) is 0 Å². The Balaban J connectivity index is 0. The smallest absolute Gasteiger partial charge is 1.00 e. The Hall–Kier alpha value is -0.860. The number of ketones is 1. The van der Waals surface area contributed by atoms with E-state index in [2.05, 4.69) is 0 Å². The lowest BCUT2D eigenvalue weighted by atomic mass is 10.1. The standard InChI is InChI=1S/C8H9NO.ClH/c9-6-8(10)7-4-2-1-3-5-7;/h1-5H,6,9H2;1H. The summed E-state index contributed by atoms with van der Waals surface area (Å²) in [5.74, 6) is -0.0133. The van der Waals surface area contributed by atoms with Crippen molar-refractivity contribution in [1.29, 1.82) is 0 Å². The minimum atomic E-state index is -0.0133. The van der Waals surface area contributed by atoms with Crippen LogP contribution in [0.4, 0.5) is 0 Å². The van der Waals surface area contributed by atoms with Crippen molar-refractivity contribution < 1.29 is 18.6 Å². The van der Waals surface area contributed by atoms with Gasteiger partial charge in [-0.2, -0.15) is 0 Å². The number of nitrogens with two attached hydrogens (primary N) is 1. The molecule has 2 nitrogen and oxygen atoms in total. The van der Waals surface area contributed by atoms with E-state index in [1.54, 1.807) is 12.1 Å². The number of carbonyl (C=O) groups excluding carboxylic acids is 1. The maximum absolute atomic E-state index is 10.9. The number of halogens is 1. The van der Waals surface area contributed by atoms with Crippen LogP contribution < -0.4 is 18.1 Å². The highest BCUT2D eigenvalue weighted by atomic mass is 35.5. The van der Waals surface area contributed by atoms with Crippen molar-refractivity contribution in [2.45, 2.75) is 0 Å². The summed E-state index contributed by atoms with van der Waals surface area (Å²) in [4.78, 5) is 10.9. The molecule has 0 saturated carbocycles. The third-order valence-electron chi connectivity index (χ3n) is 1.28. The van der Waals surface area contributed by atoms with E-state index in [0.717, 1.165) is 0 Å². The number of benzene rings is 1. The molecule has 1 rings (SSSR count). The summed E-state index contributed by atoms with van der Waals surface area (Å²) in [5.41, 5.74) is 5.84. The lowest BCUT2D eigenvalue weighted by molar-refractivity contribution is -0.00000970. The Morgan fingerprint density at radius 3 is 2.36 bits per heavy atom. The van der Waals surface area contributed by atoms with Crippen LogP contribution in [0.1, 0.15) is 11.8 Å². The van der Waals surface area contributed by atoms with E-state index >= 15 is 0 Å². The van der Waals surface area contributed by atoms with E-state index in [4.69, 9.17) is 5.73 Å². The molecule has 0 bridgehead atoms. The Kier molecular flexibility index (Phi) is 4.50. The number of hydrogen-bond acceptors (Lipinski definition) is 2. The van der Waals surface area contributed by atoms with Crippen molar-refractivity contribution in [3.8, 4) is 0 Å². The van der Waals surface area contributed by atoms with Crippen LogP contribution in [0, 0.1) is 0 Å². The lowest BCUT2D eigenvalue weighted by Gasteiger charge is -1.93. The maximum atomic E-state index is 10.9. The summed E-state index contributed by atoms with van der Waals surface area (Å²) in [6.07, 6.45) is 0. The minimum Gasteiger partial charge on any atom is -1.00 e. The monoisotopic (exact) mass is 171 g/mol. The first-order valence-electron chi connectivity index (χ1n) is 3.13. The molecule has 0 unspecified atom stereocenters. The normalized spacial score (nSPS) is 8.45. The number of rotatable bonds is 2. The molecule has 0 atom stereocenters. The largest absolute Gasteiger partial charge is 1.00 e. The van der Waals surface area contributed by atoms with Crippen LogP contribution in [-0.2, 0) is 0 Å². The molecule has 0 amide bonds. The van der Waals surface area contributed by atoms with Crippen molar-refractivity contribution in [2.75, 3.05) is 6.54 Å². The fourth-order valence-electron chi connectivity index (χ4n) is 0.742. The molecule has 0 aliphatic carbocycles. The average molecular weight is 172 g/mol. The second-order valence-electron chi connectivity index (χ2n) is 1.99. The van der Waals surface area contributed by atoms with E-state index in [9.17, 15) is 4.79 Å². The third kappa shape index (κ3) is 2.70. The molecule has 60 valence electrons. The first kappa shape index (κ1) is 10.1. The molecule has 1 aromatic rings. The quantitative estimate of drug-likeness (QED) is 0.521. The third-order valence-corrected chi connectivity index (χ3v) is 1.28. The van der Waals surface area contributed by atoms with Gasteiger partial charge < -0.3 is 18.1 Å². The fourth-order valence-corrected chi connectivity index (χ4v) is 0.742. The Bertz CT molecular complexity index is 228. The van der Waals surface area contributed by atoms with Crippen molar-refractivity contribution in [1.82, 2.24) is 0 Å². The SMILES string of the molecule is NCC(=O)c1ccccc1.[Cl-].[H+]. The van der Waals surface area contributed by atoms with Gasteiger partial charge in [-0.15, -0.1) is 0 Å². The summed E-state index contributed by atoms with van der Waals surface area (Å²) in [7, 11) is 0. The summed E-state index contributed by atoms with van der Waals surface area (Å²) >= 11 is 0. The average Bonchev–Trinajstić information content (AvgIpc) is 2.05. The highest BCUT2D eigenvalue weighted by Gasteiger charge is 1.98. The Morgan fingerprint density at radius 2 is 1.91 bits per heavy atom. The molecular weight excluding hydrogens is 162 g/mol. The number of hydrogen-bond donors (Lipinski definition) is 1. The first-order chi connectivity index (χ1) is 4.84. The van der Waals surface area contributed by atoms with Gasteiger partial charge >= 0.3 is 1.43 Å². The molecule has 3 heteroatoms. The zero-order valence-corrected chi connectivity index (χ0v) is 6.71. The van der Waals surface area contributed by atoms with Crippen molar-refractivity contribution in [2.24, 2.45) is 5.73 Å². The molecule has 0 aliphatic rings. The van der Waals surface area contributed by atoms with Gasteiger partial charge in [-0.05, 0) is 0 Å². The molecule has 1 aromatic carbocycles. The number of Topliss-reactive ketones (excluding diaryl/α,β-unsaturated/α-hetero) is 1. The van der Waals surface area contributed by atoms with Gasteiger partial charge in [0.15, 0.2) is 5.78 Å². The zero-order chi connectivity index (χ0) is 7.40. The Morgan fingerprint density at radius 1 is 1.36 bits per heavy atom. The first-order valence-corrected chi connectivity index (χ1v) is 3.13. The summed E-state index contributed by atoms with van der Waals surface area (Å²) in [6, 6.07) is 9.03. The molecule has 0 saturated heterocycles. The Labute approximate surface area is 73.3 Å². The summed E-state index contributed by atoms with van der Waals surface area (Å²) in [5, 5.41) is 0. The lowest BCUT2D eigenvalue weighted by Crippen LogP contribution is -3.00. The molecule has 0 spiro atoms. The highest BCUT2D eigenvalue weighted by molar-refractivity contribution is 5.97. The van der Waals surface area contributed by atoms with Gasteiger partial charge in [-0.1, -0.05) is 30.3 Å². The van der Waals surface area contributed by atoms with Crippen LogP contribution in [0.2, 0.25) is 0 Å². The summed E-state index contributed by atoms with van der Waals surface area (Å²) < 4.78 is 0. The van der Waals surface area contributed by atoms with Crippen LogP contribution >= 0.6 is 0 Å². The molecule has 0 aliphatic heterocycles. The van der Waals surface area contributed by atoms with Gasteiger partial charge in [0.2, 0.25) is 0 Å². The van der Waals surface area contributed by atoms with Crippen molar-refractivity contribution >= 4 is 5.78 Å². The fraction of sp³-hybridized carbons (Fsp3) is 0.125. The van der Waals surface area contributed by atoms with Crippen molar-refractivity contribution in [3.05, 3.63) is 35.9 Å². The van der Waals surface area contributed by atoms with Gasteiger partial charge in [0.1, 0.15) is 0 Å². The minimum absolute atomic E-state index is 0. The van der Waals surface area contributed by atoms with Gasteiger partial charge in [0.05, 0.1) is 6.54 Å². The predicted molar refractivity (Wildman–Crippen MR) is 40.9 cm³/mol. The van der Waals surface area contributed by atoms with E-state index in [0.29, 0.717) is 5.56 Å². The molecule has 2 N–H and O–H groups in total. The molecule has 0 heterocycles. The van der Waals surface area contributed by atoms with Gasteiger partial charge in [-0.3, -0.25) is 4.79 Å². The molecule has 0 fully saturated rings. The van der Waals surface area contributed by atoms with E-state index in [1.807, 2.05) is 18.2 Å². The second-order valence-corrected chi connectivity index (χ2v) is 1.99. The predicted octanol–water partition coefficient (Wildman–Crippen LogP) is -2.06.